The predicted octanol–water partition coefficient (Wildman–Crippen LogP) is -0.433. The van der Waals surface area contributed by atoms with Crippen LogP contribution in [0.15, 0.2) is 0 Å². The molecule has 0 heterocycles. The average Bonchev–Trinajstić information content (AvgIpc) is 2.31. The predicted molar refractivity (Wildman–Crippen MR) is 59.9 cm³/mol. The minimum atomic E-state index is -4.52. The zero-order valence-corrected chi connectivity index (χ0v) is 11.4. The number of carbonyl (C=O) groups is 4. The molecule has 8 nitrogen and oxygen atoms in total. The molecule has 0 aromatic heterocycles. The van der Waals surface area contributed by atoms with Gasteiger partial charge in [-0.25, -0.2) is 4.79 Å². The number of rotatable bonds is 6. The molecule has 0 unspecified atom stereocenters. The summed E-state index contributed by atoms with van der Waals surface area (Å²) in [5.41, 5.74) is 0. The first kappa shape index (κ1) is 18.9. The van der Waals surface area contributed by atoms with E-state index in [4.69, 9.17) is 0 Å². The zero-order valence-electron chi connectivity index (χ0n) is 11.4. The molecule has 0 amide bonds. The van der Waals surface area contributed by atoms with E-state index < -0.39 is 48.6 Å². The number of halogens is 2. The molecular weight excluding hydrogens is 298 g/mol. The highest BCUT2D eigenvalue weighted by molar-refractivity contribution is 5.89. The summed E-state index contributed by atoms with van der Waals surface area (Å²) < 4.78 is 39.7. The van der Waals surface area contributed by atoms with Crippen molar-refractivity contribution < 1.29 is 47.3 Å². The molecule has 0 aliphatic carbocycles. The number of carbonyl (C=O) groups excluding carboxylic acids is 4. The SMILES string of the molecule is CC(=O)OC[C@@H](O)[C@@H](OC(C)=O)C(F)(F)C(=O)OC(C)=O. The van der Waals surface area contributed by atoms with E-state index in [2.05, 4.69) is 14.2 Å². The molecule has 0 aromatic carbocycles. The Hall–Kier alpha value is -2.10. The first-order valence-corrected chi connectivity index (χ1v) is 5.57. The monoisotopic (exact) mass is 312 g/mol. The standard InChI is InChI=1S/C11H14F2O8/c1-5(14)19-4-8(17)9(20-6(2)15)11(12,13)10(18)21-7(3)16/h8-9,17H,4H2,1-3H3/t8-,9-/m1/s1. The summed E-state index contributed by atoms with van der Waals surface area (Å²) in [5.74, 6) is -10.2. The van der Waals surface area contributed by atoms with Crippen molar-refractivity contribution in [3.8, 4) is 0 Å². The molecule has 2 atom stereocenters. The van der Waals surface area contributed by atoms with Gasteiger partial charge in [-0.3, -0.25) is 14.4 Å². The van der Waals surface area contributed by atoms with Crippen LogP contribution in [0.5, 0.6) is 0 Å². The number of esters is 4. The molecule has 0 saturated carbocycles. The number of hydrogen-bond acceptors (Lipinski definition) is 8. The maximum absolute atomic E-state index is 13.8. The fourth-order valence-electron chi connectivity index (χ4n) is 1.18. The largest absolute Gasteiger partial charge is 0.463 e. The fourth-order valence-corrected chi connectivity index (χ4v) is 1.18. The van der Waals surface area contributed by atoms with Crippen LogP contribution in [0, 0.1) is 0 Å². The molecule has 0 aromatic rings. The summed E-state index contributed by atoms with van der Waals surface area (Å²) in [6.07, 6.45) is -4.88. The van der Waals surface area contributed by atoms with Gasteiger partial charge >= 0.3 is 29.8 Å². The Labute approximate surface area is 118 Å². The molecule has 0 radical (unpaired) electrons. The van der Waals surface area contributed by atoms with E-state index in [-0.39, 0.29) is 0 Å². The van der Waals surface area contributed by atoms with Crippen molar-refractivity contribution in [1.29, 1.82) is 0 Å². The second-order valence-corrected chi connectivity index (χ2v) is 3.90. The normalized spacial score (nSPS) is 13.8. The van der Waals surface area contributed by atoms with E-state index in [1.54, 1.807) is 0 Å². The quantitative estimate of drug-likeness (QED) is 0.399. The Balaban J connectivity index is 5.18. The number of hydrogen-bond donors (Lipinski definition) is 1. The van der Waals surface area contributed by atoms with E-state index in [1.807, 2.05) is 0 Å². The van der Waals surface area contributed by atoms with E-state index in [0.29, 0.717) is 6.92 Å². The molecule has 120 valence electrons. The molecule has 0 aliphatic heterocycles. The van der Waals surface area contributed by atoms with Gasteiger partial charge in [-0.1, -0.05) is 0 Å². The number of aliphatic hydroxyl groups is 1. The lowest BCUT2D eigenvalue weighted by Crippen LogP contribution is -2.53. The number of ether oxygens (including phenoxy) is 3. The number of alkyl halides is 2. The van der Waals surface area contributed by atoms with Crippen molar-refractivity contribution in [2.45, 2.75) is 38.9 Å². The summed E-state index contributed by atoms with van der Waals surface area (Å²) in [4.78, 5) is 43.0. The van der Waals surface area contributed by atoms with Crippen molar-refractivity contribution >= 4 is 23.9 Å². The molecule has 0 aliphatic rings. The van der Waals surface area contributed by atoms with Crippen LogP contribution in [0.2, 0.25) is 0 Å². The van der Waals surface area contributed by atoms with Gasteiger partial charge in [-0.05, 0) is 0 Å². The maximum Gasteiger partial charge on any atom is 0.388 e. The minimum Gasteiger partial charge on any atom is -0.463 e. The van der Waals surface area contributed by atoms with Gasteiger partial charge < -0.3 is 19.3 Å². The molecule has 0 rings (SSSR count). The van der Waals surface area contributed by atoms with Crippen molar-refractivity contribution in [1.82, 2.24) is 0 Å². The highest BCUT2D eigenvalue weighted by Gasteiger charge is 2.55. The first-order chi connectivity index (χ1) is 9.48. The lowest BCUT2D eigenvalue weighted by Gasteiger charge is -2.27. The minimum absolute atomic E-state index is 0.712. The second kappa shape index (κ2) is 7.62. The first-order valence-electron chi connectivity index (χ1n) is 5.57. The summed E-state index contributed by atoms with van der Waals surface area (Å²) in [6, 6.07) is 0. The third-order valence-corrected chi connectivity index (χ3v) is 1.97. The van der Waals surface area contributed by atoms with Gasteiger partial charge in [0.2, 0.25) is 6.10 Å². The topological polar surface area (TPSA) is 116 Å². The maximum atomic E-state index is 13.8. The van der Waals surface area contributed by atoms with Gasteiger partial charge in [0.05, 0.1) is 0 Å². The van der Waals surface area contributed by atoms with Crippen molar-refractivity contribution in [3.05, 3.63) is 0 Å². The van der Waals surface area contributed by atoms with Crippen LogP contribution in [0.1, 0.15) is 20.8 Å². The van der Waals surface area contributed by atoms with Gasteiger partial charge in [0.1, 0.15) is 12.7 Å². The highest BCUT2D eigenvalue weighted by atomic mass is 19.3. The van der Waals surface area contributed by atoms with Crippen molar-refractivity contribution in [2.75, 3.05) is 6.61 Å². The zero-order chi connectivity index (χ0) is 16.8. The van der Waals surface area contributed by atoms with Gasteiger partial charge in [0, 0.05) is 20.8 Å². The van der Waals surface area contributed by atoms with E-state index in [1.165, 1.54) is 0 Å². The molecule has 1 N–H and O–H groups in total. The average molecular weight is 312 g/mol. The van der Waals surface area contributed by atoms with Crippen LogP contribution in [0.3, 0.4) is 0 Å². The molecule has 21 heavy (non-hydrogen) atoms. The van der Waals surface area contributed by atoms with Gasteiger partial charge in [0.15, 0.2) is 0 Å². The van der Waals surface area contributed by atoms with Crippen LogP contribution in [0.4, 0.5) is 8.78 Å². The highest BCUT2D eigenvalue weighted by Crippen LogP contribution is 2.26. The Bertz CT molecular complexity index is 434. The molecular formula is C11H14F2O8. The lowest BCUT2D eigenvalue weighted by atomic mass is 10.1. The Morgan fingerprint density at radius 2 is 1.57 bits per heavy atom. The van der Waals surface area contributed by atoms with Crippen LogP contribution in [-0.4, -0.2) is 53.7 Å². The molecule has 0 bridgehead atoms. The van der Waals surface area contributed by atoms with Crippen LogP contribution >= 0.6 is 0 Å². The fraction of sp³-hybridized carbons (Fsp3) is 0.636. The van der Waals surface area contributed by atoms with Gasteiger partial charge in [0.25, 0.3) is 0 Å². The third kappa shape index (κ3) is 6.25. The lowest BCUT2D eigenvalue weighted by molar-refractivity contribution is -0.213. The molecule has 0 saturated heterocycles. The number of aliphatic hydroxyl groups excluding tert-OH is 1. The Kier molecular flexibility index (Phi) is 6.86. The summed E-state index contributed by atoms with van der Waals surface area (Å²) in [7, 11) is 0. The van der Waals surface area contributed by atoms with Crippen molar-refractivity contribution in [3.63, 3.8) is 0 Å². The second-order valence-electron chi connectivity index (χ2n) is 3.90. The van der Waals surface area contributed by atoms with Crippen LogP contribution < -0.4 is 0 Å². The van der Waals surface area contributed by atoms with Gasteiger partial charge in [-0.15, -0.1) is 0 Å². The van der Waals surface area contributed by atoms with E-state index in [9.17, 15) is 33.1 Å². The molecule has 0 spiro atoms. The van der Waals surface area contributed by atoms with Crippen LogP contribution in [0.25, 0.3) is 0 Å². The van der Waals surface area contributed by atoms with E-state index >= 15 is 0 Å². The van der Waals surface area contributed by atoms with E-state index in [0.717, 1.165) is 13.8 Å². The molecule has 10 heteroatoms. The Morgan fingerprint density at radius 1 is 1.05 bits per heavy atom. The Morgan fingerprint density at radius 3 is 1.95 bits per heavy atom. The smallest absolute Gasteiger partial charge is 0.388 e. The third-order valence-electron chi connectivity index (χ3n) is 1.97. The summed E-state index contributed by atoms with van der Waals surface area (Å²) >= 11 is 0. The molecule has 0 fully saturated rings. The summed E-state index contributed by atoms with van der Waals surface area (Å²) in [5, 5.41) is 9.50. The van der Waals surface area contributed by atoms with Crippen LogP contribution in [-0.2, 0) is 33.4 Å². The van der Waals surface area contributed by atoms with Gasteiger partial charge in [-0.2, -0.15) is 8.78 Å². The summed E-state index contributed by atoms with van der Waals surface area (Å²) in [6.45, 7) is 1.48. The van der Waals surface area contributed by atoms with Crippen molar-refractivity contribution in [2.24, 2.45) is 0 Å².